The van der Waals surface area contributed by atoms with Crippen molar-refractivity contribution in [2.45, 2.75) is 6.04 Å². The number of hydrogen-bond donors (Lipinski definition) is 2. The molecular weight excluding hydrogens is 328 g/mol. The molecule has 130 valence electrons. The van der Waals surface area contributed by atoms with Gasteiger partial charge in [-0.05, 0) is 57.6 Å². The molecule has 2 nitrogen and oxygen atoms in total. The molecule has 0 fully saturated rings. The summed E-state index contributed by atoms with van der Waals surface area (Å²) >= 11 is 0. The highest BCUT2D eigenvalue weighted by molar-refractivity contribution is 5.75. The molecule has 1 unspecified atom stereocenters. The van der Waals surface area contributed by atoms with Crippen LogP contribution in [0.3, 0.4) is 0 Å². The maximum absolute atomic E-state index is 3.45. The van der Waals surface area contributed by atoms with Crippen LogP contribution in [0.4, 0.5) is 5.69 Å². The molecule has 0 saturated heterocycles. The van der Waals surface area contributed by atoms with E-state index in [1.165, 1.54) is 33.4 Å². The summed E-state index contributed by atoms with van der Waals surface area (Å²) in [5.41, 5.74) is 15.4. The zero-order chi connectivity index (χ0) is 18.1. The lowest BCUT2D eigenvalue weighted by atomic mass is 9.91. The van der Waals surface area contributed by atoms with E-state index in [2.05, 4.69) is 114 Å². The number of para-hydroxylation sites is 1. The zero-order valence-corrected chi connectivity index (χ0v) is 14.9. The molecule has 0 amide bonds. The third-order valence-electron chi connectivity index (χ3n) is 5.13. The van der Waals surface area contributed by atoms with Crippen LogP contribution in [0.5, 0.6) is 0 Å². The van der Waals surface area contributed by atoms with E-state index in [0.29, 0.717) is 0 Å². The van der Waals surface area contributed by atoms with Gasteiger partial charge in [0, 0.05) is 0 Å². The maximum atomic E-state index is 3.45. The lowest BCUT2D eigenvalue weighted by Crippen LogP contribution is -2.19. The van der Waals surface area contributed by atoms with Crippen molar-refractivity contribution in [2.75, 3.05) is 5.43 Å². The van der Waals surface area contributed by atoms with Gasteiger partial charge in [-0.2, -0.15) is 0 Å². The Hall–Kier alpha value is -3.36. The van der Waals surface area contributed by atoms with Crippen LogP contribution in [0.2, 0.25) is 0 Å². The Morgan fingerprint density at radius 2 is 1.07 bits per heavy atom. The van der Waals surface area contributed by atoms with Crippen molar-refractivity contribution in [1.82, 2.24) is 5.43 Å². The highest BCUT2D eigenvalue weighted by Crippen LogP contribution is 2.37. The summed E-state index contributed by atoms with van der Waals surface area (Å²) in [5, 5.41) is 0. The first-order valence-electron chi connectivity index (χ1n) is 9.25. The van der Waals surface area contributed by atoms with Gasteiger partial charge in [0.2, 0.25) is 0 Å². The zero-order valence-electron chi connectivity index (χ0n) is 14.9. The Balaban J connectivity index is 1.67. The maximum Gasteiger partial charge on any atom is 0.0780 e. The Bertz CT molecular complexity index is 1010. The van der Waals surface area contributed by atoms with Crippen molar-refractivity contribution in [3.8, 4) is 22.3 Å². The summed E-state index contributed by atoms with van der Waals surface area (Å²) in [6, 6.07) is 36.6. The van der Waals surface area contributed by atoms with Gasteiger partial charge in [-0.1, -0.05) is 78.9 Å². The second kappa shape index (κ2) is 6.75. The van der Waals surface area contributed by atoms with Gasteiger partial charge in [-0.25, -0.2) is 5.43 Å². The Morgan fingerprint density at radius 1 is 0.519 bits per heavy atom. The molecule has 1 aliphatic rings. The summed E-state index contributed by atoms with van der Waals surface area (Å²) < 4.78 is 0. The van der Waals surface area contributed by atoms with E-state index in [1.807, 2.05) is 0 Å². The van der Waals surface area contributed by atoms with Gasteiger partial charge >= 0.3 is 0 Å². The van der Waals surface area contributed by atoms with Crippen molar-refractivity contribution in [1.29, 1.82) is 0 Å². The van der Waals surface area contributed by atoms with Crippen LogP contribution < -0.4 is 10.9 Å². The first-order valence-corrected chi connectivity index (χ1v) is 9.25. The fraction of sp³-hybridized carbons (Fsp3) is 0.0400. The Kier molecular flexibility index (Phi) is 3.96. The number of fused-ring (bicyclic) bond motifs is 1. The summed E-state index contributed by atoms with van der Waals surface area (Å²) in [4.78, 5) is 0. The standard InChI is InChI=1S/C25H20N2/c1-3-9-18(10-4-1)20-15-21(19-11-5-2-6-12-19)17-22(16-20)25-23-13-7-8-14-24(23)26-27-25/h1-17,25-27H. The molecule has 27 heavy (non-hydrogen) atoms. The van der Waals surface area contributed by atoms with E-state index >= 15 is 0 Å². The number of rotatable bonds is 3. The van der Waals surface area contributed by atoms with Crippen molar-refractivity contribution in [3.05, 3.63) is 114 Å². The van der Waals surface area contributed by atoms with Crippen LogP contribution in [0.15, 0.2) is 103 Å². The average Bonchev–Trinajstić information content (AvgIpc) is 3.19. The molecule has 2 N–H and O–H groups in total. The van der Waals surface area contributed by atoms with Crippen LogP contribution in [0.1, 0.15) is 17.2 Å². The molecule has 0 aliphatic carbocycles. The second-order valence-corrected chi connectivity index (χ2v) is 6.87. The van der Waals surface area contributed by atoms with Crippen molar-refractivity contribution < 1.29 is 0 Å². The fourth-order valence-corrected chi connectivity index (χ4v) is 3.77. The number of nitrogens with one attached hydrogen (secondary N) is 2. The normalized spacial score (nSPS) is 15.2. The van der Waals surface area contributed by atoms with Crippen LogP contribution in [-0.2, 0) is 0 Å². The van der Waals surface area contributed by atoms with E-state index in [4.69, 9.17) is 0 Å². The molecule has 1 aliphatic heterocycles. The van der Waals surface area contributed by atoms with Crippen LogP contribution in [-0.4, -0.2) is 0 Å². The minimum Gasteiger partial charge on any atom is -0.320 e. The molecule has 4 aromatic carbocycles. The third-order valence-corrected chi connectivity index (χ3v) is 5.13. The smallest absolute Gasteiger partial charge is 0.0780 e. The lowest BCUT2D eigenvalue weighted by Gasteiger charge is -2.16. The van der Waals surface area contributed by atoms with Crippen LogP contribution in [0.25, 0.3) is 22.3 Å². The van der Waals surface area contributed by atoms with Crippen molar-refractivity contribution in [2.24, 2.45) is 0 Å². The first kappa shape index (κ1) is 15.9. The fourth-order valence-electron chi connectivity index (χ4n) is 3.77. The predicted octanol–water partition coefficient (Wildman–Crippen LogP) is 6.04. The van der Waals surface area contributed by atoms with Gasteiger partial charge < -0.3 is 5.43 Å². The molecule has 4 aromatic rings. The van der Waals surface area contributed by atoms with Gasteiger partial charge in [-0.3, -0.25) is 0 Å². The Morgan fingerprint density at radius 3 is 1.70 bits per heavy atom. The molecule has 0 radical (unpaired) electrons. The van der Waals surface area contributed by atoms with Gasteiger partial charge in [0.15, 0.2) is 0 Å². The van der Waals surface area contributed by atoms with Crippen molar-refractivity contribution in [3.63, 3.8) is 0 Å². The van der Waals surface area contributed by atoms with E-state index in [9.17, 15) is 0 Å². The Labute approximate surface area is 159 Å². The van der Waals surface area contributed by atoms with Crippen molar-refractivity contribution >= 4 is 5.69 Å². The number of hydrazine groups is 1. The van der Waals surface area contributed by atoms with Crippen LogP contribution in [0, 0.1) is 0 Å². The summed E-state index contributed by atoms with van der Waals surface area (Å²) in [5.74, 6) is 0. The summed E-state index contributed by atoms with van der Waals surface area (Å²) in [6.07, 6.45) is 0. The second-order valence-electron chi connectivity index (χ2n) is 6.87. The van der Waals surface area contributed by atoms with Gasteiger partial charge in [-0.15, -0.1) is 0 Å². The minimum atomic E-state index is 0.132. The molecule has 0 aromatic heterocycles. The largest absolute Gasteiger partial charge is 0.320 e. The topological polar surface area (TPSA) is 24.1 Å². The van der Waals surface area contributed by atoms with Gasteiger partial charge in [0.05, 0.1) is 11.7 Å². The monoisotopic (exact) mass is 348 g/mol. The first-order chi connectivity index (χ1) is 13.4. The molecule has 0 saturated carbocycles. The van der Waals surface area contributed by atoms with Gasteiger partial charge in [0.1, 0.15) is 0 Å². The average molecular weight is 348 g/mol. The SMILES string of the molecule is c1ccc(-c2cc(-c3ccccc3)cc(C3NNc4ccccc43)c2)cc1. The molecule has 5 rings (SSSR count). The predicted molar refractivity (Wildman–Crippen MR) is 112 cm³/mol. The van der Waals surface area contributed by atoms with E-state index in [1.54, 1.807) is 0 Å². The third kappa shape index (κ3) is 3.01. The lowest BCUT2D eigenvalue weighted by molar-refractivity contribution is 0.729. The van der Waals surface area contributed by atoms with Crippen LogP contribution >= 0.6 is 0 Å². The minimum absolute atomic E-state index is 0.132. The van der Waals surface area contributed by atoms with Gasteiger partial charge in [0.25, 0.3) is 0 Å². The highest BCUT2D eigenvalue weighted by atomic mass is 15.4. The highest BCUT2D eigenvalue weighted by Gasteiger charge is 2.23. The number of anilines is 1. The molecule has 2 heteroatoms. The van der Waals surface area contributed by atoms with E-state index in [0.717, 1.165) is 5.69 Å². The number of benzene rings is 4. The number of hydrogen-bond acceptors (Lipinski definition) is 2. The molecule has 0 spiro atoms. The summed E-state index contributed by atoms with van der Waals surface area (Å²) in [7, 11) is 0. The molecule has 1 atom stereocenters. The quantitative estimate of drug-likeness (QED) is 0.471. The van der Waals surface area contributed by atoms with E-state index in [-0.39, 0.29) is 6.04 Å². The molecule has 1 heterocycles. The summed E-state index contributed by atoms with van der Waals surface area (Å²) in [6.45, 7) is 0. The molecular formula is C25H20N2. The van der Waals surface area contributed by atoms with E-state index < -0.39 is 0 Å². The molecule has 0 bridgehead atoms.